The van der Waals surface area contributed by atoms with E-state index in [1.54, 1.807) is 22.3 Å². The van der Waals surface area contributed by atoms with Crippen LogP contribution in [0.15, 0.2) is 59.7 Å². The molecule has 0 radical (unpaired) electrons. The standard InChI is InChI=1S/C26H32Si/c1-17(2)23-15-19-11-7-9-13-21(19)25(23)27(5,6)26-22-14-10-8-12-20(22)16-24(26)18(3)4/h7-18,25-26H,1-6H3. The second-order valence-electron chi connectivity index (χ2n) is 9.54. The first kappa shape index (κ1) is 18.5. The molecule has 0 spiro atoms. The minimum absolute atomic E-state index is 0.595. The van der Waals surface area contributed by atoms with E-state index in [1.165, 1.54) is 11.1 Å². The molecule has 0 saturated carbocycles. The Labute approximate surface area is 166 Å². The molecule has 2 aliphatic carbocycles. The van der Waals surface area contributed by atoms with Gasteiger partial charge in [0.2, 0.25) is 0 Å². The highest BCUT2D eigenvalue weighted by molar-refractivity contribution is 6.81. The van der Waals surface area contributed by atoms with Crippen molar-refractivity contribution < 1.29 is 0 Å². The van der Waals surface area contributed by atoms with Crippen LogP contribution in [0.2, 0.25) is 13.1 Å². The fourth-order valence-corrected chi connectivity index (χ4v) is 10.5. The largest absolute Gasteiger partial charge is 0.0722 e. The lowest BCUT2D eigenvalue weighted by Crippen LogP contribution is -2.44. The summed E-state index contributed by atoms with van der Waals surface area (Å²) >= 11 is 0. The number of hydrogen-bond donors (Lipinski definition) is 0. The third kappa shape index (κ3) is 2.88. The van der Waals surface area contributed by atoms with Crippen molar-refractivity contribution in [2.45, 2.75) is 51.9 Å². The molecule has 2 aromatic carbocycles. The Morgan fingerprint density at radius 1 is 0.630 bits per heavy atom. The first-order chi connectivity index (χ1) is 12.8. The van der Waals surface area contributed by atoms with E-state index < -0.39 is 8.07 Å². The van der Waals surface area contributed by atoms with E-state index in [0.717, 1.165) is 0 Å². The molecule has 0 bridgehead atoms. The first-order valence-electron chi connectivity index (χ1n) is 10.4. The lowest BCUT2D eigenvalue weighted by molar-refractivity contribution is 0.709. The van der Waals surface area contributed by atoms with E-state index >= 15 is 0 Å². The van der Waals surface area contributed by atoms with Crippen LogP contribution >= 0.6 is 0 Å². The molecule has 1 heteroatoms. The van der Waals surface area contributed by atoms with Gasteiger partial charge in [-0.2, -0.15) is 0 Å². The van der Waals surface area contributed by atoms with Crippen molar-refractivity contribution in [3.63, 3.8) is 0 Å². The Bertz CT molecular complexity index is 851. The normalized spacial score (nSPS) is 21.3. The summed E-state index contributed by atoms with van der Waals surface area (Å²) in [4.78, 5) is 0. The molecule has 2 unspecified atom stereocenters. The number of rotatable bonds is 4. The number of hydrogen-bond acceptors (Lipinski definition) is 0. The molecule has 140 valence electrons. The van der Waals surface area contributed by atoms with Crippen LogP contribution in [0.1, 0.15) is 61.0 Å². The molecule has 4 rings (SSSR count). The average molecular weight is 373 g/mol. The number of fused-ring (bicyclic) bond motifs is 2. The number of allylic oxidation sites excluding steroid dienone is 2. The molecular formula is C26H32Si. The van der Waals surface area contributed by atoms with Crippen LogP contribution in [0.4, 0.5) is 0 Å². The van der Waals surface area contributed by atoms with Crippen molar-refractivity contribution in [1.82, 2.24) is 0 Å². The SMILES string of the molecule is CC(C)C1=Cc2ccccc2C1[Si](C)(C)C1C(C(C)C)=Cc2ccccc21. The fourth-order valence-electron chi connectivity index (χ4n) is 5.52. The molecule has 0 aliphatic heterocycles. The average Bonchev–Trinajstić information content (AvgIpc) is 3.21. The topological polar surface area (TPSA) is 0 Å². The van der Waals surface area contributed by atoms with Crippen LogP contribution in [0.25, 0.3) is 12.2 Å². The Balaban J connectivity index is 1.88. The summed E-state index contributed by atoms with van der Waals surface area (Å²) in [6, 6.07) is 18.2. The van der Waals surface area contributed by atoms with E-state index in [9.17, 15) is 0 Å². The second kappa shape index (κ2) is 6.63. The minimum Gasteiger partial charge on any atom is -0.0679 e. The van der Waals surface area contributed by atoms with Crippen LogP contribution in [0.3, 0.4) is 0 Å². The molecule has 0 N–H and O–H groups in total. The maximum absolute atomic E-state index is 2.64. The highest BCUT2D eigenvalue weighted by Crippen LogP contribution is 2.54. The number of benzene rings is 2. The molecule has 0 heterocycles. The van der Waals surface area contributed by atoms with E-state index in [0.29, 0.717) is 22.9 Å². The van der Waals surface area contributed by atoms with Gasteiger partial charge in [0.1, 0.15) is 0 Å². The zero-order valence-corrected chi connectivity index (χ0v) is 18.6. The van der Waals surface area contributed by atoms with Crippen LogP contribution in [-0.4, -0.2) is 8.07 Å². The summed E-state index contributed by atoms with van der Waals surface area (Å²) in [5.74, 6) is 1.19. The molecule has 2 aromatic rings. The van der Waals surface area contributed by atoms with Gasteiger partial charge in [-0.3, -0.25) is 0 Å². The predicted octanol–water partition coefficient (Wildman–Crippen LogP) is 7.45. The molecule has 0 fully saturated rings. The van der Waals surface area contributed by atoms with Crippen LogP contribution in [0, 0.1) is 11.8 Å². The summed E-state index contributed by atoms with van der Waals surface area (Å²) in [6.45, 7) is 14.8. The lowest BCUT2D eigenvalue weighted by atomic mass is 9.99. The Hall–Kier alpha value is -1.86. The molecule has 2 aliphatic rings. The Morgan fingerprint density at radius 3 is 1.37 bits per heavy atom. The smallest absolute Gasteiger partial charge is 0.0679 e. The highest BCUT2D eigenvalue weighted by Gasteiger charge is 2.48. The zero-order chi connectivity index (χ0) is 19.3. The Kier molecular flexibility index (Phi) is 4.54. The monoisotopic (exact) mass is 372 g/mol. The molecule has 0 saturated heterocycles. The van der Waals surface area contributed by atoms with Gasteiger partial charge in [0.25, 0.3) is 0 Å². The fraction of sp³-hybridized carbons (Fsp3) is 0.385. The summed E-state index contributed by atoms with van der Waals surface area (Å²) < 4.78 is 0. The third-order valence-corrected chi connectivity index (χ3v) is 11.0. The minimum atomic E-state index is -1.73. The van der Waals surface area contributed by atoms with Crippen molar-refractivity contribution >= 4 is 20.2 Å². The summed E-state index contributed by atoms with van der Waals surface area (Å²) in [6.07, 6.45) is 5.00. The van der Waals surface area contributed by atoms with Crippen molar-refractivity contribution in [2.24, 2.45) is 11.8 Å². The Morgan fingerprint density at radius 2 is 1.00 bits per heavy atom. The maximum Gasteiger partial charge on any atom is 0.0722 e. The highest BCUT2D eigenvalue weighted by atomic mass is 28.3. The summed E-state index contributed by atoms with van der Waals surface area (Å²) in [5.41, 5.74) is 10.6. The van der Waals surface area contributed by atoms with Gasteiger partial charge in [-0.1, -0.05) is 113 Å². The van der Waals surface area contributed by atoms with E-state index in [4.69, 9.17) is 0 Å². The molecular weight excluding hydrogens is 340 g/mol. The van der Waals surface area contributed by atoms with E-state index in [-0.39, 0.29) is 0 Å². The van der Waals surface area contributed by atoms with Crippen molar-refractivity contribution in [1.29, 1.82) is 0 Å². The van der Waals surface area contributed by atoms with Crippen LogP contribution in [0.5, 0.6) is 0 Å². The summed E-state index contributed by atoms with van der Waals surface area (Å²) in [7, 11) is -1.73. The zero-order valence-electron chi connectivity index (χ0n) is 17.6. The van der Waals surface area contributed by atoms with Crippen molar-refractivity contribution in [3.8, 4) is 0 Å². The maximum atomic E-state index is 2.64. The first-order valence-corrected chi connectivity index (χ1v) is 13.6. The second-order valence-corrected chi connectivity index (χ2v) is 14.3. The molecule has 27 heavy (non-hydrogen) atoms. The van der Waals surface area contributed by atoms with E-state index in [1.807, 2.05) is 0 Å². The van der Waals surface area contributed by atoms with Gasteiger partial charge in [0, 0.05) is 11.1 Å². The van der Waals surface area contributed by atoms with Crippen LogP contribution in [-0.2, 0) is 0 Å². The quantitative estimate of drug-likeness (QED) is 0.489. The molecule has 0 amide bonds. The van der Waals surface area contributed by atoms with Gasteiger partial charge >= 0.3 is 0 Å². The van der Waals surface area contributed by atoms with Gasteiger partial charge in [0.15, 0.2) is 0 Å². The van der Waals surface area contributed by atoms with Gasteiger partial charge in [-0.05, 0) is 34.1 Å². The van der Waals surface area contributed by atoms with Gasteiger partial charge in [-0.25, -0.2) is 0 Å². The van der Waals surface area contributed by atoms with Crippen molar-refractivity contribution in [2.75, 3.05) is 0 Å². The predicted molar refractivity (Wildman–Crippen MR) is 121 cm³/mol. The molecule has 2 atom stereocenters. The van der Waals surface area contributed by atoms with Crippen molar-refractivity contribution in [3.05, 3.63) is 81.9 Å². The van der Waals surface area contributed by atoms with Crippen LogP contribution < -0.4 is 0 Å². The molecule has 0 nitrogen and oxygen atoms in total. The molecule has 0 aromatic heterocycles. The van der Waals surface area contributed by atoms with Gasteiger partial charge in [0.05, 0.1) is 8.07 Å². The van der Waals surface area contributed by atoms with Gasteiger partial charge in [-0.15, -0.1) is 0 Å². The van der Waals surface area contributed by atoms with E-state index in [2.05, 4.69) is 101 Å². The van der Waals surface area contributed by atoms with Gasteiger partial charge < -0.3 is 0 Å². The summed E-state index contributed by atoms with van der Waals surface area (Å²) in [5, 5.41) is 0. The third-order valence-electron chi connectivity index (χ3n) is 6.75. The lowest BCUT2D eigenvalue weighted by Gasteiger charge is -2.41.